The van der Waals surface area contributed by atoms with Crippen molar-refractivity contribution in [3.8, 4) is 22.3 Å². The fraction of sp³-hybridized carbons (Fsp3) is 0.447. The first kappa shape index (κ1) is 30.8. The van der Waals surface area contributed by atoms with Crippen LogP contribution in [0.1, 0.15) is 94.2 Å². The summed E-state index contributed by atoms with van der Waals surface area (Å²) in [5, 5.41) is 8.95. The van der Waals surface area contributed by atoms with E-state index in [1.165, 1.54) is 90.3 Å². The monoisotopic (exact) mass is 552 g/mol. The number of unbranched alkanes of at least 4 members (excludes halogenated alkanes) is 2. The Hall–Kier alpha value is -3.17. The molecule has 3 aromatic carbocycles. The average Bonchev–Trinajstić information content (AvgIpc) is 3.03. The molecule has 0 heterocycles. The van der Waals surface area contributed by atoms with Crippen molar-refractivity contribution in [1.82, 2.24) is 0 Å². The summed E-state index contributed by atoms with van der Waals surface area (Å²) in [7, 11) is 0. The number of carbonyl (C=O) groups excluding carboxylic acids is 1. The predicted octanol–water partition coefficient (Wildman–Crippen LogP) is 9.46. The lowest BCUT2D eigenvalue weighted by Gasteiger charge is -2.29. The maximum Gasteiger partial charge on any atom is 0.335 e. The number of esters is 1. The van der Waals surface area contributed by atoms with Crippen molar-refractivity contribution in [1.29, 1.82) is 0 Å². The number of aryl methyl sites for hydroxylation is 2. The highest BCUT2D eigenvalue weighted by Crippen LogP contribution is 2.39. The second kappa shape index (κ2) is 15.7. The molecule has 1 aliphatic carbocycles. The molecule has 0 atom stereocenters. The van der Waals surface area contributed by atoms with Gasteiger partial charge in [0, 0.05) is 0 Å². The molecule has 41 heavy (non-hydrogen) atoms. The molecule has 1 N–H and O–H groups in total. The quantitative estimate of drug-likeness (QED) is 0.123. The van der Waals surface area contributed by atoms with Gasteiger partial charge in [-0.15, -0.1) is 0 Å². The van der Waals surface area contributed by atoms with E-state index >= 15 is 0 Å². The van der Waals surface area contributed by atoms with E-state index in [0.29, 0.717) is 6.61 Å². The van der Waals surface area contributed by atoms with Gasteiger partial charge in [0.2, 0.25) is 0 Å². The zero-order valence-electron chi connectivity index (χ0n) is 25.2. The summed E-state index contributed by atoms with van der Waals surface area (Å²) in [6.45, 7) is 7.98. The lowest BCUT2D eigenvalue weighted by Crippen LogP contribution is -2.13. The average molecular weight is 553 g/mol. The summed E-state index contributed by atoms with van der Waals surface area (Å²) in [4.78, 5) is 11.6. The highest BCUT2D eigenvalue weighted by atomic mass is 16.5. The summed E-state index contributed by atoms with van der Waals surface area (Å²) in [6, 6.07) is 25.0. The van der Waals surface area contributed by atoms with Gasteiger partial charge in [0.25, 0.3) is 0 Å². The number of aliphatic hydroxyl groups is 1. The molecule has 0 radical (unpaired) electrons. The van der Waals surface area contributed by atoms with E-state index in [0.717, 1.165) is 31.1 Å². The molecule has 1 saturated carbocycles. The van der Waals surface area contributed by atoms with Gasteiger partial charge < -0.3 is 9.84 Å². The van der Waals surface area contributed by atoms with Gasteiger partial charge >= 0.3 is 5.97 Å². The molecule has 0 amide bonds. The summed E-state index contributed by atoms with van der Waals surface area (Å²) in [5.41, 5.74) is 9.28. The molecule has 0 aliphatic heterocycles. The van der Waals surface area contributed by atoms with Gasteiger partial charge in [0.1, 0.15) is 0 Å². The molecule has 3 nitrogen and oxygen atoms in total. The second-order valence-corrected chi connectivity index (χ2v) is 11.8. The van der Waals surface area contributed by atoms with Crippen molar-refractivity contribution >= 4 is 5.97 Å². The van der Waals surface area contributed by atoms with E-state index < -0.39 is 5.97 Å². The van der Waals surface area contributed by atoms with Crippen LogP contribution >= 0.6 is 0 Å². The second-order valence-electron chi connectivity index (χ2n) is 11.8. The maximum absolute atomic E-state index is 11.6. The molecular weight excluding hydrogens is 504 g/mol. The lowest BCUT2D eigenvalue weighted by molar-refractivity contribution is -0.139. The van der Waals surface area contributed by atoms with E-state index in [-0.39, 0.29) is 12.2 Å². The van der Waals surface area contributed by atoms with Crippen molar-refractivity contribution in [3.63, 3.8) is 0 Å². The Bertz CT molecular complexity index is 1250. The van der Waals surface area contributed by atoms with Gasteiger partial charge in [-0.2, -0.15) is 0 Å². The summed E-state index contributed by atoms with van der Waals surface area (Å²) >= 11 is 0. The van der Waals surface area contributed by atoms with Crippen LogP contribution in [0.15, 0.2) is 78.9 Å². The summed E-state index contributed by atoms with van der Waals surface area (Å²) in [5.74, 6) is 1.16. The van der Waals surface area contributed by atoms with Crippen LogP contribution in [0.5, 0.6) is 0 Å². The maximum atomic E-state index is 11.6. The number of carbonyl (C=O) groups is 1. The van der Waals surface area contributed by atoms with Crippen molar-refractivity contribution in [2.75, 3.05) is 13.2 Å². The first-order valence-corrected chi connectivity index (χ1v) is 15.8. The minimum atomic E-state index is -0.524. The predicted molar refractivity (Wildman–Crippen MR) is 171 cm³/mol. The van der Waals surface area contributed by atoms with Crippen LogP contribution in [0.4, 0.5) is 0 Å². The number of hydrogen-bond acceptors (Lipinski definition) is 3. The van der Waals surface area contributed by atoms with Crippen molar-refractivity contribution in [2.24, 2.45) is 5.92 Å². The number of benzene rings is 3. The van der Waals surface area contributed by atoms with E-state index in [2.05, 4.69) is 87.2 Å². The third-order valence-corrected chi connectivity index (χ3v) is 8.85. The molecule has 0 saturated heterocycles. The molecule has 0 bridgehead atoms. The zero-order valence-corrected chi connectivity index (χ0v) is 25.2. The SMILES string of the molecule is C=C(CO)C(=O)OCCCc1ccc(-c2ccc(-c3ccc(C4CCC(CCCCC)CC4)cc3)c(CC)c2)cc1. The topological polar surface area (TPSA) is 46.5 Å². The Morgan fingerprint density at radius 2 is 1.54 bits per heavy atom. The van der Waals surface area contributed by atoms with Crippen molar-refractivity contribution in [3.05, 3.63) is 95.6 Å². The van der Waals surface area contributed by atoms with Crippen molar-refractivity contribution in [2.45, 2.75) is 90.4 Å². The number of ether oxygens (including phenoxy) is 1. The first-order chi connectivity index (χ1) is 20.0. The third kappa shape index (κ3) is 8.66. The molecule has 218 valence electrons. The highest BCUT2D eigenvalue weighted by molar-refractivity contribution is 5.87. The number of rotatable bonds is 14. The Morgan fingerprint density at radius 3 is 2.20 bits per heavy atom. The largest absolute Gasteiger partial charge is 0.462 e. The van der Waals surface area contributed by atoms with E-state index in [4.69, 9.17) is 9.84 Å². The van der Waals surface area contributed by atoms with Gasteiger partial charge in [-0.25, -0.2) is 4.79 Å². The molecule has 3 heteroatoms. The molecule has 3 aromatic rings. The van der Waals surface area contributed by atoms with Crippen LogP contribution in [0.3, 0.4) is 0 Å². The van der Waals surface area contributed by atoms with E-state index in [1.807, 2.05) is 0 Å². The van der Waals surface area contributed by atoms with Gasteiger partial charge in [-0.05, 0) is 95.7 Å². The van der Waals surface area contributed by atoms with Gasteiger partial charge in [-0.3, -0.25) is 0 Å². The van der Waals surface area contributed by atoms with Crippen LogP contribution in [0, 0.1) is 5.92 Å². The molecular formula is C38H48O3. The molecule has 0 spiro atoms. The van der Waals surface area contributed by atoms with Crippen LogP contribution in [0.2, 0.25) is 0 Å². The highest BCUT2D eigenvalue weighted by Gasteiger charge is 2.22. The lowest BCUT2D eigenvalue weighted by atomic mass is 9.77. The zero-order chi connectivity index (χ0) is 29.0. The normalized spacial score (nSPS) is 16.9. The van der Waals surface area contributed by atoms with Gasteiger partial charge in [-0.1, -0.05) is 113 Å². The number of hydrogen-bond donors (Lipinski definition) is 1. The smallest absolute Gasteiger partial charge is 0.335 e. The molecule has 1 aliphatic rings. The standard InChI is InChI=1S/C38H48O3/c1-4-6-7-9-29-11-15-32(16-12-29)33-19-21-35(22-20-33)37-24-23-36(26-31(37)5-2)34-17-13-30(14-18-34)10-8-25-41-38(40)28(3)27-39/h13-14,17-24,26,29,32,39H,3-12,15-16,25,27H2,1-2H3. The van der Waals surface area contributed by atoms with E-state index in [9.17, 15) is 4.79 Å². The summed E-state index contributed by atoms with van der Waals surface area (Å²) in [6.07, 6.45) is 13.6. The first-order valence-electron chi connectivity index (χ1n) is 15.8. The fourth-order valence-corrected chi connectivity index (χ4v) is 6.22. The van der Waals surface area contributed by atoms with Crippen LogP contribution in [-0.4, -0.2) is 24.3 Å². The van der Waals surface area contributed by atoms with Crippen molar-refractivity contribution < 1.29 is 14.6 Å². The Labute approximate surface area is 247 Å². The fourth-order valence-electron chi connectivity index (χ4n) is 6.22. The van der Waals surface area contributed by atoms with Crippen LogP contribution in [0.25, 0.3) is 22.3 Å². The minimum Gasteiger partial charge on any atom is -0.462 e. The van der Waals surface area contributed by atoms with Gasteiger partial charge in [0.05, 0.1) is 18.8 Å². The number of aliphatic hydroxyl groups excluding tert-OH is 1. The molecule has 0 unspecified atom stereocenters. The molecule has 4 rings (SSSR count). The van der Waals surface area contributed by atoms with Gasteiger partial charge in [0.15, 0.2) is 0 Å². The van der Waals surface area contributed by atoms with Crippen LogP contribution in [-0.2, 0) is 22.4 Å². The minimum absolute atomic E-state index is 0.0920. The Kier molecular flexibility index (Phi) is 11.8. The Balaban J connectivity index is 1.33. The Morgan fingerprint density at radius 1 is 0.854 bits per heavy atom. The van der Waals surface area contributed by atoms with Crippen LogP contribution < -0.4 is 0 Å². The molecule has 0 aromatic heterocycles. The molecule has 1 fully saturated rings. The summed E-state index contributed by atoms with van der Waals surface area (Å²) < 4.78 is 5.14. The van der Waals surface area contributed by atoms with E-state index in [1.54, 1.807) is 0 Å². The third-order valence-electron chi connectivity index (χ3n) is 8.85.